The number of thioether (sulfide) groups is 1. The fourth-order valence-corrected chi connectivity index (χ4v) is 3.26. The number of hydrogen-bond acceptors (Lipinski definition) is 2. The first-order valence-electron chi connectivity index (χ1n) is 8.10. The van der Waals surface area contributed by atoms with Gasteiger partial charge in [0.15, 0.2) is 0 Å². The molecule has 23 heavy (non-hydrogen) atoms. The molecular formula is C20H29NOS. The molecule has 1 aromatic carbocycles. The highest BCUT2D eigenvalue weighted by Gasteiger charge is 2.26. The molecule has 2 aromatic rings. The van der Waals surface area contributed by atoms with Gasteiger partial charge in [0.1, 0.15) is 5.75 Å². The molecule has 0 aliphatic rings. The quantitative estimate of drug-likeness (QED) is 0.715. The minimum Gasteiger partial charge on any atom is -0.507 e. The summed E-state index contributed by atoms with van der Waals surface area (Å²) in [7, 11) is 0. The molecule has 0 unspecified atom stereocenters. The van der Waals surface area contributed by atoms with Crippen LogP contribution in [0.2, 0.25) is 0 Å². The number of benzene rings is 1. The van der Waals surface area contributed by atoms with Crippen molar-refractivity contribution < 1.29 is 5.11 Å². The Morgan fingerprint density at radius 2 is 1.43 bits per heavy atom. The van der Waals surface area contributed by atoms with E-state index in [0.29, 0.717) is 5.75 Å². The second kappa shape index (κ2) is 6.27. The number of H-pyrrole nitrogens is 1. The van der Waals surface area contributed by atoms with E-state index in [0.717, 1.165) is 17.5 Å². The maximum atomic E-state index is 10.8. The first-order valence-corrected chi connectivity index (χ1v) is 9.33. The van der Waals surface area contributed by atoms with Gasteiger partial charge >= 0.3 is 0 Å². The van der Waals surface area contributed by atoms with E-state index in [1.165, 1.54) is 16.2 Å². The molecular weight excluding hydrogens is 302 g/mol. The summed E-state index contributed by atoms with van der Waals surface area (Å²) in [4.78, 5) is 3.29. The third-order valence-corrected chi connectivity index (χ3v) is 4.81. The second-order valence-electron chi connectivity index (χ2n) is 8.29. The van der Waals surface area contributed by atoms with Gasteiger partial charge < -0.3 is 10.1 Å². The monoisotopic (exact) mass is 331 g/mol. The van der Waals surface area contributed by atoms with Gasteiger partial charge in [-0.1, -0.05) is 53.7 Å². The summed E-state index contributed by atoms with van der Waals surface area (Å²) in [5.41, 5.74) is 4.43. The standard InChI is InChI=1S/C20H29NOS/c1-19(2,3)15-9-13(8-14-11-17(23-7)21-12-14)10-16(18(15)22)20(4,5)6/h9-12,21-22H,8H2,1-7H3. The molecule has 2 N–H and O–H groups in total. The average molecular weight is 332 g/mol. The Morgan fingerprint density at radius 3 is 1.83 bits per heavy atom. The van der Waals surface area contributed by atoms with Gasteiger partial charge in [0.05, 0.1) is 5.03 Å². The molecule has 2 rings (SSSR count). The van der Waals surface area contributed by atoms with Gasteiger partial charge in [0, 0.05) is 6.20 Å². The predicted octanol–water partition coefficient (Wildman–Crippen LogP) is 5.63. The van der Waals surface area contributed by atoms with E-state index in [-0.39, 0.29) is 10.8 Å². The third-order valence-electron chi connectivity index (χ3n) is 4.13. The SMILES string of the molecule is CSc1cc(Cc2cc(C(C)(C)C)c(O)c(C(C)(C)C)c2)c[nH]1. The summed E-state index contributed by atoms with van der Waals surface area (Å²) in [6, 6.07) is 6.53. The van der Waals surface area contributed by atoms with Crippen LogP contribution in [0.5, 0.6) is 5.75 Å². The molecule has 0 aliphatic heterocycles. The number of rotatable bonds is 3. The molecule has 0 fully saturated rings. The van der Waals surface area contributed by atoms with Gasteiger partial charge in [-0.15, -0.1) is 11.8 Å². The van der Waals surface area contributed by atoms with Crippen molar-refractivity contribution in [2.24, 2.45) is 0 Å². The molecule has 1 heterocycles. The summed E-state index contributed by atoms with van der Waals surface area (Å²) in [5.74, 6) is 0.452. The molecule has 2 nitrogen and oxygen atoms in total. The largest absolute Gasteiger partial charge is 0.507 e. The van der Waals surface area contributed by atoms with Gasteiger partial charge in [0.2, 0.25) is 0 Å². The van der Waals surface area contributed by atoms with Crippen LogP contribution in [0.3, 0.4) is 0 Å². The fraction of sp³-hybridized carbons (Fsp3) is 0.500. The lowest BCUT2D eigenvalue weighted by Gasteiger charge is -2.28. The Morgan fingerprint density at radius 1 is 0.913 bits per heavy atom. The zero-order valence-corrected chi connectivity index (χ0v) is 16.2. The Balaban J connectivity index is 2.51. The van der Waals surface area contributed by atoms with Crippen molar-refractivity contribution in [1.29, 1.82) is 0 Å². The minimum absolute atomic E-state index is 0.0807. The Bertz CT molecular complexity index is 651. The summed E-state index contributed by atoms with van der Waals surface area (Å²) < 4.78 is 0. The van der Waals surface area contributed by atoms with Gasteiger partial charge in [0.25, 0.3) is 0 Å². The molecule has 1 aromatic heterocycles. The molecule has 0 spiro atoms. The van der Waals surface area contributed by atoms with Crippen LogP contribution in [0.1, 0.15) is 63.8 Å². The molecule has 0 saturated heterocycles. The van der Waals surface area contributed by atoms with E-state index in [2.05, 4.69) is 77.2 Å². The van der Waals surface area contributed by atoms with Gasteiger partial charge in [-0.2, -0.15) is 0 Å². The Labute approximate surface area is 144 Å². The van der Waals surface area contributed by atoms with Gasteiger partial charge in [-0.3, -0.25) is 0 Å². The lowest BCUT2D eigenvalue weighted by molar-refractivity contribution is 0.423. The fourth-order valence-electron chi connectivity index (χ4n) is 2.81. The van der Waals surface area contributed by atoms with E-state index < -0.39 is 0 Å². The van der Waals surface area contributed by atoms with Crippen molar-refractivity contribution in [1.82, 2.24) is 4.98 Å². The lowest BCUT2D eigenvalue weighted by Crippen LogP contribution is -2.18. The number of nitrogens with one attached hydrogen (secondary N) is 1. The molecule has 126 valence electrons. The Hall–Kier alpha value is -1.35. The van der Waals surface area contributed by atoms with Crippen LogP contribution in [-0.4, -0.2) is 16.3 Å². The van der Waals surface area contributed by atoms with Crippen molar-refractivity contribution in [3.8, 4) is 5.75 Å². The molecule has 0 radical (unpaired) electrons. The molecule has 0 aliphatic carbocycles. The van der Waals surface area contributed by atoms with Crippen molar-refractivity contribution in [3.63, 3.8) is 0 Å². The number of hydrogen-bond donors (Lipinski definition) is 2. The average Bonchev–Trinajstić information content (AvgIpc) is 2.85. The summed E-state index contributed by atoms with van der Waals surface area (Å²) in [5, 5.41) is 12.0. The highest BCUT2D eigenvalue weighted by molar-refractivity contribution is 7.98. The van der Waals surface area contributed by atoms with Crippen LogP contribution in [0, 0.1) is 0 Å². The van der Waals surface area contributed by atoms with E-state index in [9.17, 15) is 5.11 Å². The Kier molecular flexibility index (Phi) is 4.91. The highest BCUT2D eigenvalue weighted by atomic mass is 32.2. The number of aromatic amines is 1. The zero-order chi connectivity index (χ0) is 17.4. The molecule has 0 atom stereocenters. The highest BCUT2D eigenvalue weighted by Crippen LogP contribution is 2.40. The van der Waals surface area contributed by atoms with Gasteiger partial charge in [-0.05, 0) is 51.8 Å². The summed E-state index contributed by atoms with van der Waals surface area (Å²) in [6.07, 6.45) is 5.03. The predicted molar refractivity (Wildman–Crippen MR) is 101 cm³/mol. The maximum absolute atomic E-state index is 10.8. The summed E-state index contributed by atoms with van der Waals surface area (Å²) in [6.45, 7) is 12.9. The molecule has 0 bridgehead atoms. The maximum Gasteiger partial charge on any atom is 0.123 e. The van der Waals surface area contributed by atoms with E-state index >= 15 is 0 Å². The topological polar surface area (TPSA) is 36.0 Å². The van der Waals surface area contributed by atoms with Crippen LogP contribution in [0.25, 0.3) is 0 Å². The van der Waals surface area contributed by atoms with Crippen molar-refractivity contribution in [2.75, 3.05) is 6.26 Å². The number of phenols is 1. The van der Waals surface area contributed by atoms with Crippen LogP contribution in [0.4, 0.5) is 0 Å². The smallest absolute Gasteiger partial charge is 0.123 e. The van der Waals surface area contributed by atoms with Crippen LogP contribution in [-0.2, 0) is 17.3 Å². The van der Waals surface area contributed by atoms with Gasteiger partial charge in [-0.25, -0.2) is 0 Å². The van der Waals surface area contributed by atoms with Crippen LogP contribution < -0.4 is 0 Å². The lowest BCUT2D eigenvalue weighted by atomic mass is 9.78. The van der Waals surface area contributed by atoms with Crippen molar-refractivity contribution >= 4 is 11.8 Å². The third kappa shape index (κ3) is 4.14. The number of phenolic OH excluding ortho intramolecular Hbond substituents is 1. The molecule has 0 amide bonds. The molecule has 0 saturated carbocycles. The van der Waals surface area contributed by atoms with Crippen LogP contribution >= 0.6 is 11.8 Å². The first kappa shape index (κ1) is 18.0. The normalized spacial score (nSPS) is 12.7. The number of aromatic hydroxyl groups is 1. The summed E-state index contributed by atoms with van der Waals surface area (Å²) >= 11 is 1.72. The van der Waals surface area contributed by atoms with Crippen LogP contribution in [0.15, 0.2) is 29.4 Å². The number of aromatic nitrogens is 1. The zero-order valence-electron chi connectivity index (χ0n) is 15.4. The molecule has 3 heteroatoms. The second-order valence-corrected chi connectivity index (χ2v) is 9.14. The first-order chi connectivity index (χ1) is 10.5. The van der Waals surface area contributed by atoms with Crippen molar-refractivity contribution in [3.05, 3.63) is 46.6 Å². The van der Waals surface area contributed by atoms with E-state index in [1.54, 1.807) is 11.8 Å². The van der Waals surface area contributed by atoms with E-state index in [4.69, 9.17) is 0 Å². The minimum atomic E-state index is -0.0807. The van der Waals surface area contributed by atoms with E-state index in [1.807, 2.05) is 0 Å². The van der Waals surface area contributed by atoms with Crippen molar-refractivity contribution in [2.45, 2.75) is 63.8 Å².